The zero-order valence-electron chi connectivity index (χ0n) is 15.8. The number of hydrogen-bond donors (Lipinski definition) is 2. The van der Waals surface area contributed by atoms with E-state index in [-0.39, 0.29) is 22.2 Å². The van der Waals surface area contributed by atoms with Crippen LogP contribution in [0.3, 0.4) is 0 Å². The lowest BCUT2D eigenvalue weighted by Crippen LogP contribution is -2.60. The van der Waals surface area contributed by atoms with Crippen LogP contribution in [-0.2, 0) is 14.2 Å². The van der Waals surface area contributed by atoms with Crippen LogP contribution in [0.25, 0.3) is 10.4 Å². The first kappa shape index (κ1) is 21.8. The minimum absolute atomic E-state index is 0.130. The maximum Gasteiger partial charge on any atom is 0.355 e. The molecule has 2 aliphatic rings. The Morgan fingerprint density at radius 1 is 1.32 bits per heavy atom. The van der Waals surface area contributed by atoms with Crippen molar-refractivity contribution in [3.8, 4) is 0 Å². The number of aromatic carboxylic acids is 1. The van der Waals surface area contributed by atoms with E-state index in [2.05, 4.69) is 15.0 Å². The summed E-state index contributed by atoms with van der Waals surface area (Å²) in [5.41, 5.74) is 8.64. The Kier molecular flexibility index (Phi) is 6.63. The van der Waals surface area contributed by atoms with Crippen molar-refractivity contribution in [2.75, 3.05) is 6.61 Å². The van der Waals surface area contributed by atoms with Crippen LogP contribution in [0.2, 0.25) is 5.02 Å². The maximum absolute atomic E-state index is 11.5. The first-order valence-electron chi connectivity index (χ1n) is 9.23. The molecule has 31 heavy (non-hydrogen) atoms. The van der Waals surface area contributed by atoms with E-state index in [9.17, 15) is 15.0 Å². The fourth-order valence-electron chi connectivity index (χ4n) is 3.44. The Labute approximate surface area is 185 Å². The van der Waals surface area contributed by atoms with Crippen molar-refractivity contribution in [1.82, 2.24) is 4.98 Å². The van der Waals surface area contributed by atoms with Gasteiger partial charge in [0.05, 0.1) is 17.7 Å². The highest BCUT2D eigenvalue weighted by Gasteiger charge is 2.49. The molecule has 0 spiro atoms. The first-order valence-corrected chi connectivity index (χ1v) is 10.5. The molecule has 6 atom stereocenters. The predicted octanol–water partition coefficient (Wildman–Crippen LogP) is 3.40. The molecule has 1 aromatic heterocycles. The number of aliphatic hydroxyl groups is 1. The summed E-state index contributed by atoms with van der Waals surface area (Å²) in [7, 11) is 0. The van der Waals surface area contributed by atoms with Crippen molar-refractivity contribution < 1.29 is 29.2 Å². The summed E-state index contributed by atoms with van der Waals surface area (Å²) in [4.78, 5) is 18.4. The molecule has 0 saturated carbocycles. The van der Waals surface area contributed by atoms with Gasteiger partial charge in [0.15, 0.2) is 12.0 Å². The molecule has 3 heterocycles. The van der Waals surface area contributed by atoms with Gasteiger partial charge in [0.2, 0.25) is 0 Å². The molecular weight excluding hydrogens is 448 g/mol. The van der Waals surface area contributed by atoms with E-state index in [4.69, 9.17) is 31.3 Å². The van der Waals surface area contributed by atoms with Gasteiger partial charge in [0.1, 0.15) is 23.7 Å². The Balaban J connectivity index is 1.58. The van der Waals surface area contributed by atoms with E-state index in [0.29, 0.717) is 0 Å². The summed E-state index contributed by atoms with van der Waals surface area (Å²) in [6, 6.07) is 9.68. The summed E-state index contributed by atoms with van der Waals surface area (Å²) >= 11 is 6.89. The Morgan fingerprint density at radius 2 is 2.10 bits per heavy atom. The molecule has 1 aromatic carbocycles. The Hall–Kier alpha value is -2.37. The number of aliphatic hydroxyl groups excluding tert-OH is 1. The first-order chi connectivity index (χ1) is 15.0. The molecule has 2 N–H and O–H groups in total. The van der Waals surface area contributed by atoms with Crippen LogP contribution in [0.5, 0.6) is 0 Å². The third-order valence-electron chi connectivity index (χ3n) is 4.86. The monoisotopic (exact) mass is 464 g/mol. The Bertz CT molecular complexity index is 1010. The smallest absolute Gasteiger partial charge is 0.355 e. The van der Waals surface area contributed by atoms with E-state index < -0.39 is 42.0 Å². The number of aromatic nitrogens is 1. The van der Waals surface area contributed by atoms with Gasteiger partial charge < -0.3 is 24.4 Å². The lowest BCUT2D eigenvalue weighted by Gasteiger charge is -2.46. The lowest BCUT2D eigenvalue weighted by atomic mass is 9.97. The lowest BCUT2D eigenvalue weighted by molar-refractivity contribution is -0.297. The number of carboxylic acid groups (broad SMARTS) is 1. The predicted molar refractivity (Wildman–Crippen MR) is 110 cm³/mol. The van der Waals surface area contributed by atoms with Crippen LogP contribution >= 0.6 is 23.4 Å². The van der Waals surface area contributed by atoms with Crippen molar-refractivity contribution in [2.45, 2.75) is 41.0 Å². The number of halogens is 1. The van der Waals surface area contributed by atoms with E-state index in [1.807, 2.05) is 30.3 Å². The molecule has 162 valence electrons. The average molecular weight is 465 g/mol. The molecule has 0 aliphatic carbocycles. The second-order valence-corrected chi connectivity index (χ2v) is 8.41. The summed E-state index contributed by atoms with van der Waals surface area (Å²) in [5, 5.41) is 24.2. The minimum Gasteiger partial charge on any atom is -0.476 e. The number of fused-ring (bicyclic) bond motifs is 1. The van der Waals surface area contributed by atoms with Crippen molar-refractivity contribution >= 4 is 29.3 Å². The summed E-state index contributed by atoms with van der Waals surface area (Å²) in [6.45, 7) is 0.130. The second kappa shape index (κ2) is 9.41. The van der Waals surface area contributed by atoms with Crippen molar-refractivity contribution in [1.29, 1.82) is 0 Å². The fraction of sp³-hybridized carbons (Fsp3) is 0.368. The highest BCUT2D eigenvalue weighted by atomic mass is 35.5. The van der Waals surface area contributed by atoms with Gasteiger partial charge >= 0.3 is 5.97 Å². The SMILES string of the molecule is [N-]=[N+]=NC1C(O)[C@@H](Sc2cc(Cl)cnc2C(=O)O)OC2COC(c3ccccc3)O[C@@H]21. The van der Waals surface area contributed by atoms with Crippen molar-refractivity contribution in [3.05, 3.63) is 69.3 Å². The zero-order valence-corrected chi connectivity index (χ0v) is 17.4. The summed E-state index contributed by atoms with van der Waals surface area (Å²) in [5.74, 6) is -1.25. The molecule has 2 saturated heterocycles. The van der Waals surface area contributed by atoms with Gasteiger partial charge in [-0.05, 0) is 11.6 Å². The number of benzene rings is 1. The highest BCUT2D eigenvalue weighted by molar-refractivity contribution is 8.00. The molecule has 0 amide bonds. The van der Waals surface area contributed by atoms with Crippen LogP contribution in [0.4, 0.5) is 0 Å². The molecule has 4 unspecified atom stereocenters. The van der Waals surface area contributed by atoms with E-state index >= 15 is 0 Å². The average Bonchev–Trinajstić information content (AvgIpc) is 2.77. The number of ether oxygens (including phenoxy) is 3. The Morgan fingerprint density at radius 3 is 2.81 bits per heavy atom. The molecule has 0 radical (unpaired) electrons. The normalized spacial score (nSPS) is 30.1. The van der Waals surface area contributed by atoms with E-state index in [1.54, 1.807) is 0 Å². The van der Waals surface area contributed by atoms with Crippen LogP contribution in [0, 0.1) is 0 Å². The van der Waals surface area contributed by atoms with Gasteiger partial charge in [-0.25, -0.2) is 9.78 Å². The van der Waals surface area contributed by atoms with Crippen molar-refractivity contribution in [3.63, 3.8) is 0 Å². The molecule has 12 heteroatoms. The number of pyridine rings is 1. The number of rotatable bonds is 5. The molecular formula is C19H17ClN4O6S. The minimum atomic E-state index is -1.28. The zero-order chi connectivity index (χ0) is 22.0. The number of hydrogen-bond acceptors (Lipinski definition) is 8. The third-order valence-corrected chi connectivity index (χ3v) is 6.25. The van der Waals surface area contributed by atoms with Crippen LogP contribution in [-0.4, -0.2) is 57.6 Å². The largest absolute Gasteiger partial charge is 0.476 e. The quantitative estimate of drug-likeness (QED) is 0.388. The number of nitrogens with zero attached hydrogens (tertiary/aromatic N) is 4. The third kappa shape index (κ3) is 4.63. The number of carbonyl (C=O) groups is 1. The van der Waals surface area contributed by atoms with E-state index in [1.165, 1.54) is 12.3 Å². The number of carboxylic acids is 1. The van der Waals surface area contributed by atoms with E-state index in [0.717, 1.165) is 17.3 Å². The van der Waals surface area contributed by atoms with Crippen molar-refractivity contribution in [2.24, 2.45) is 5.11 Å². The highest BCUT2D eigenvalue weighted by Crippen LogP contribution is 2.40. The van der Waals surface area contributed by atoms with Gasteiger partial charge in [-0.3, -0.25) is 0 Å². The second-order valence-electron chi connectivity index (χ2n) is 6.83. The number of thioether (sulfide) groups is 1. The molecule has 10 nitrogen and oxygen atoms in total. The molecule has 0 bridgehead atoms. The topological polar surface area (TPSA) is 147 Å². The maximum atomic E-state index is 11.5. The van der Waals surface area contributed by atoms with Crippen LogP contribution < -0.4 is 0 Å². The molecule has 2 fully saturated rings. The van der Waals surface area contributed by atoms with Crippen LogP contribution in [0.1, 0.15) is 22.3 Å². The number of azide groups is 1. The summed E-state index contributed by atoms with van der Waals surface area (Å²) in [6.07, 6.45) is -2.15. The summed E-state index contributed by atoms with van der Waals surface area (Å²) < 4.78 is 17.7. The van der Waals surface area contributed by atoms with Gasteiger partial charge in [-0.15, -0.1) is 0 Å². The van der Waals surface area contributed by atoms with Gasteiger partial charge in [-0.2, -0.15) is 0 Å². The molecule has 2 aliphatic heterocycles. The molecule has 4 rings (SSSR count). The van der Waals surface area contributed by atoms with Gasteiger partial charge in [0.25, 0.3) is 0 Å². The fourth-order valence-corrected chi connectivity index (χ4v) is 4.86. The van der Waals surface area contributed by atoms with Gasteiger partial charge in [-0.1, -0.05) is 58.8 Å². The standard InChI is InChI=1S/C19H17ClN4O6S/c20-10-6-12(13(17(26)27)22-7-10)31-19-15(25)14(23-24-21)16-11(29-19)8-28-18(30-16)9-4-2-1-3-5-9/h1-7,11,14-16,18-19,25H,8H2,(H,26,27)/t11?,14?,15?,16-,18?,19+/m0/s1. The molecule has 2 aromatic rings. The van der Waals surface area contributed by atoms with Crippen LogP contribution in [0.15, 0.2) is 52.6 Å². The van der Waals surface area contributed by atoms with Gasteiger partial charge in [0, 0.05) is 21.6 Å².